The molecule has 0 N–H and O–H groups in total. The summed E-state index contributed by atoms with van der Waals surface area (Å²) >= 11 is 24.2. The molecule has 0 unspecified atom stereocenters. The third-order valence-corrected chi connectivity index (χ3v) is 4.55. The molecule has 2 rings (SSSR count). The lowest BCUT2D eigenvalue weighted by molar-refractivity contribution is 0.103. The van der Waals surface area contributed by atoms with Gasteiger partial charge < -0.3 is 9.47 Å². The maximum atomic E-state index is 12.6. The van der Waals surface area contributed by atoms with Crippen LogP contribution >= 0.6 is 46.4 Å². The Labute approximate surface area is 156 Å². The Hall–Kier alpha value is -2.15. The van der Waals surface area contributed by atoms with E-state index in [2.05, 4.69) is 9.47 Å². The van der Waals surface area contributed by atoms with Crippen LogP contribution in [0.5, 0.6) is 11.5 Å². The van der Waals surface area contributed by atoms with Gasteiger partial charge in [0.1, 0.15) is 15.8 Å². The van der Waals surface area contributed by atoms with Crippen molar-refractivity contribution in [3.05, 3.63) is 55.5 Å². The van der Waals surface area contributed by atoms with Gasteiger partial charge >= 0.3 is 0 Å². The van der Waals surface area contributed by atoms with Crippen molar-refractivity contribution in [3.63, 3.8) is 0 Å². The quantitative estimate of drug-likeness (QED) is 0.396. The Balaban J connectivity index is 2.54. The maximum Gasteiger partial charge on any atom is 0.292 e. The molecule has 9 heteroatoms. The first-order chi connectivity index (χ1) is 11.4. The normalized spacial score (nSPS) is 9.75. The molecule has 0 saturated carbocycles. The van der Waals surface area contributed by atoms with Crippen LogP contribution in [0, 0.1) is 23.0 Å². The van der Waals surface area contributed by atoms with Gasteiger partial charge in [-0.2, -0.15) is 0 Å². The highest BCUT2D eigenvalue weighted by Crippen LogP contribution is 2.46. The molecule has 0 spiro atoms. The van der Waals surface area contributed by atoms with Crippen LogP contribution in [0.25, 0.3) is 0 Å². The molecule has 0 amide bonds. The average Bonchev–Trinajstić information content (AvgIpc) is 2.58. The van der Waals surface area contributed by atoms with E-state index >= 15 is 0 Å². The Morgan fingerprint density at radius 3 is 1.79 bits per heavy atom. The molecule has 120 valence electrons. The van der Waals surface area contributed by atoms with Crippen molar-refractivity contribution in [2.75, 3.05) is 0 Å². The smallest absolute Gasteiger partial charge is 0.292 e. The molecule has 0 saturated heterocycles. The molecule has 2 aromatic rings. The first kappa shape index (κ1) is 18.2. The molecule has 0 aliphatic heterocycles. The topological polar surface area (TPSA) is 83.1 Å². The van der Waals surface area contributed by atoms with E-state index in [1.807, 2.05) is 0 Å². The van der Waals surface area contributed by atoms with E-state index in [0.717, 1.165) is 0 Å². The fourth-order valence-corrected chi connectivity index (χ4v) is 2.90. The second kappa shape index (κ2) is 7.61. The lowest BCUT2D eigenvalue weighted by Crippen LogP contribution is -2.05. The molecule has 0 bridgehead atoms. The van der Waals surface area contributed by atoms with Crippen molar-refractivity contribution >= 4 is 52.2 Å². The number of rotatable bonds is 4. The fraction of sp³-hybridized carbons (Fsp3) is 0. The second-order valence-corrected chi connectivity index (χ2v) is 5.71. The van der Waals surface area contributed by atoms with Crippen LogP contribution in [0.4, 0.5) is 0 Å². The monoisotopic (exact) mass is 400 g/mol. The second-order valence-electron chi connectivity index (χ2n) is 4.20. The van der Waals surface area contributed by atoms with Crippen molar-refractivity contribution in [2.45, 2.75) is 0 Å². The highest BCUT2D eigenvalue weighted by molar-refractivity contribution is 6.52. The number of ketones is 1. The van der Waals surface area contributed by atoms with Crippen LogP contribution in [-0.2, 0) is 0 Å². The van der Waals surface area contributed by atoms with Crippen LogP contribution in [0.2, 0.25) is 20.1 Å². The summed E-state index contributed by atoms with van der Waals surface area (Å²) in [5.74, 6) is -0.522. The van der Waals surface area contributed by atoms with Gasteiger partial charge in [-0.1, -0.05) is 46.4 Å². The molecular weight excluding hydrogens is 398 g/mol. The third-order valence-electron chi connectivity index (χ3n) is 2.88. The highest BCUT2D eigenvalue weighted by atomic mass is 35.5. The van der Waals surface area contributed by atoms with E-state index in [-0.39, 0.29) is 42.7 Å². The minimum atomic E-state index is -0.555. The standard InChI is InChI=1S/C15H4Cl4N2O3/c16-10-9(11(17)13(19)15(12(10)18)24-6-21)14(22)7-1-3-8(4-2-7)23-5-20/h1-4H. The van der Waals surface area contributed by atoms with Gasteiger partial charge in [-0.3, -0.25) is 4.79 Å². The van der Waals surface area contributed by atoms with E-state index in [9.17, 15) is 4.79 Å². The van der Waals surface area contributed by atoms with E-state index < -0.39 is 5.78 Å². The number of hydrogen-bond acceptors (Lipinski definition) is 5. The minimum absolute atomic E-state index is 0.132. The van der Waals surface area contributed by atoms with Gasteiger partial charge in [-0.05, 0) is 24.3 Å². The fourth-order valence-electron chi connectivity index (χ4n) is 1.82. The van der Waals surface area contributed by atoms with Gasteiger partial charge in [0.2, 0.25) is 0 Å². The maximum absolute atomic E-state index is 12.6. The Morgan fingerprint density at radius 1 is 0.833 bits per heavy atom. The lowest BCUT2D eigenvalue weighted by atomic mass is 10.0. The number of ether oxygens (including phenoxy) is 2. The molecule has 0 fully saturated rings. The number of carbonyl (C=O) groups excluding carboxylic acids is 1. The van der Waals surface area contributed by atoms with Crippen LogP contribution in [0.1, 0.15) is 15.9 Å². The van der Waals surface area contributed by atoms with Gasteiger partial charge in [0.05, 0.1) is 15.6 Å². The lowest BCUT2D eigenvalue weighted by Gasteiger charge is -2.12. The molecule has 0 heterocycles. The molecule has 24 heavy (non-hydrogen) atoms. The van der Waals surface area contributed by atoms with Crippen molar-refractivity contribution < 1.29 is 14.3 Å². The van der Waals surface area contributed by atoms with Gasteiger partial charge in [0.15, 0.2) is 11.5 Å². The molecule has 0 aliphatic rings. The predicted molar refractivity (Wildman–Crippen MR) is 88.8 cm³/mol. The largest absolute Gasteiger partial charge is 0.388 e. The Kier molecular flexibility index (Phi) is 5.77. The Bertz CT molecular complexity index is 870. The van der Waals surface area contributed by atoms with E-state index in [4.69, 9.17) is 56.9 Å². The summed E-state index contributed by atoms with van der Waals surface area (Å²) in [6.07, 6.45) is 2.92. The van der Waals surface area contributed by atoms with E-state index in [1.54, 1.807) is 0 Å². The molecular formula is C15H4Cl4N2O3. The summed E-state index contributed by atoms with van der Waals surface area (Å²) in [4.78, 5) is 12.6. The number of nitrogens with zero attached hydrogens (tertiary/aromatic N) is 2. The van der Waals surface area contributed by atoms with Gasteiger partial charge in [0, 0.05) is 5.56 Å². The van der Waals surface area contributed by atoms with Crippen LogP contribution in [0.3, 0.4) is 0 Å². The first-order valence-corrected chi connectivity index (χ1v) is 7.56. The molecule has 0 aromatic heterocycles. The number of hydrogen-bond donors (Lipinski definition) is 0. The summed E-state index contributed by atoms with van der Waals surface area (Å²) in [5.41, 5.74) is 0.0812. The van der Waals surface area contributed by atoms with E-state index in [0.29, 0.717) is 0 Å². The van der Waals surface area contributed by atoms with Crippen LogP contribution < -0.4 is 9.47 Å². The van der Waals surface area contributed by atoms with Crippen molar-refractivity contribution in [2.24, 2.45) is 0 Å². The number of benzene rings is 2. The van der Waals surface area contributed by atoms with Gasteiger partial charge in [0.25, 0.3) is 12.5 Å². The van der Waals surface area contributed by atoms with Crippen LogP contribution in [-0.4, -0.2) is 5.78 Å². The van der Waals surface area contributed by atoms with E-state index in [1.165, 1.54) is 36.8 Å². The number of halogens is 4. The summed E-state index contributed by atoms with van der Waals surface area (Å²) in [7, 11) is 0. The van der Waals surface area contributed by atoms with Gasteiger partial charge in [-0.15, -0.1) is 10.5 Å². The zero-order chi connectivity index (χ0) is 17.9. The number of nitriles is 2. The molecule has 2 aromatic carbocycles. The predicted octanol–water partition coefficient (Wildman–Crippen LogP) is 5.25. The third kappa shape index (κ3) is 3.36. The Morgan fingerprint density at radius 2 is 1.33 bits per heavy atom. The van der Waals surface area contributed by atoms with Gasteiger partial charge in [-0.25, -0.2) is 0 Å². The summed E-state index contributed by atoms with van der Waals surface area (Å²) in [6, 6.07) is 5.69. The first-order valence-electron chi connectivity index (χ1n) is 6.05. The molecule has 0 radical (unpaired) electrons. The summed E-state index contributed by atoms with van der Waals surface area (Å²) in [6.45, 7) is 0. The summed E-state index contributed by atoms with van der Waals surface area (Å²) < 4.78 is 9.25. The average molecular weight is 402 g/mol. The summed E-state index contributed by atoms with van der Waals surface area (Å²) in [5, 5.41) is 16.2. The van der Waals surface area contributed by atoms with Crippen molar-refractivity contribution in [1.29, 1.82) is 10.5 Å². The molecule has 0 aliphatic carbocycles. The highest BCUT2D eigenvalue weighted by Gasteiger charge is 2.26. The number of carbonyl (C=O) groups is 1. The van der Waals surface area contributed by atoms with Crippen LogP contribution in [0.15, 0.2) is 24.3 Å². The SMILES string of the molecule is N#COc1ccc(C(=O)c2c(Cl)c(Cl)c(OC#N)c(Cl)c2Cl)cc1. The zero-order valence-corrected chi connectivity index (χ0v) is 14.5. The minimum Gasteiger partial charge on any atom is -0.388 e. The van der Waals surface area contributed by atoms with Crippen molar-refractivity contribution in [3.8, 4) is 24.0 Å². The van der Waals surface area contributed by atoms with Crippen molar-refractivity contribution in [1.82, 2.24) is 0 Å². The molecule has 0 atom stereocenters. The zero-order valence-electron chi connectivity index (χ0n) is 11.4. The molecule has 5 nitrogen and oxygen atoms in total.